The minimum atomic E-state index is -0.0234. The van der Waals surface area contributed by atoms with Gasteiger partial charge in [-0.2, -0.15) is 5.10 Å². The van der Waals surface area contributed by atoms with Crippen LogP contribution in [0.2, 0.25) is 0 Å². The number of carbonyl (C=O) groups excluding carboxylic acids is 1. The molecule has 1 aliphatic rings. The van der Waals surface area contributed by atoms with Crippen LogP contribution in [-0.4, -0.2) is 11.6 Å². The molecule has 0 saturated heterocycles. The van der Waals surface area contributed by atoms with E-state index < -0.39 is 0 Å². The quantitative estimate of drug-likeness (QED) is 0.684. The maximum Gasteiger partial charge on any atom is 0.243 e. The topological polar surface area (TPSA) is 54.6 Å². The third-order valence-electron chi connectivity index (χ3n) is 3.57. The number of rotatable bonds is 4. The number of furan rings is 1. The minimum absolute atomic E-state index is 0.0234. The maximum absolute atomic E-state index is 12.0. The lowest BCUT2D eigenvalue weighted by Gasteiger charge is -2.01. The second-order valence-corrected chi connectivity index (χ2v) is 5.01. The number of hydrogen-bond donors (Lipinski definition) is 1. The van der Waals surface area contributed by atoms with Crippen molar-refractivity contribution in [2.45, 2.75) is 19.3 Å². The molecule has 1 aromatic heterocycles. The molecule has 0 aliphatic heterocycles. The standard InChI is InChI=1S/C16H16N2O2/c1-11(15-8-5-9-20-15)17-18-16(19)14-10-13(14)12-6-3-2-4-7-12/h2-9,13-14H,10H2,1H3,(H,18,19)/b17-11+. The first kappa shape index (κ1) is 12.7. The lowest BCUT2D eigenvalue weighted by Crippen LogP contribution is -2.21. The van der Waals surface area contributed by atoms with Gasteiger partial charge < -0.3 is 4.42 Å². The molecule has 1 N–H and O–H groups in total. The Kier molecular flexibility index (Phi) is 3.37. The van der Waals surface area contributed by atoms with E-state index in [1.165, 1.54) is 5.56 Å². The monoisotopic (exact) mass is 268 g/mol. The summed E-state index contributed by atoms with van der Waals surface area (Å²) in [4.78, 5) is 12.0. The predicted molar refractivity (Wildman–Crippen MR) is 76.4 cm³/mol. The molecule has 0 radical (unpaired) electrons. The highest BCUT2D eigenvalue weighted by atomic mass is 16.3. The van der Waals surface area contributed by atoms with Crippen LogP contribution in [0.1, 0.15) is 30.6 Å². The van der Waals surface area contributed by atoms with Gasteiger partial charge in [0.05, 0.1) is 6.26 Å². The van der Waals surface area contributed by atoms with Crippen molar-refractivity contribution in [3.8, 4) is 0 Å². The van der Waals surface area contributed by atoms with Crippen LogP contribution < -0.4 is 5.43 Å². The highest BCUT2D eigenvalue weighted by molar-refractivity contribution is 5.97. The van der Waals surface area contributed by atoms with Gasteiger partial charge in [0.15, 0.2) is 0 Å². The summed E-state index contributed by atoms with van der Waals surface area (Å²) in [5, 5.41) is 4.08. The molecule has 1 aliphatic carbocycles. The average molecular weight is 268 g/mol. The van der Waals surface area contributed by atoms with Crippen molar-refractivity contribution in [3.05, 3.63) is 60.1 Å². The molecule has 0 spiro atoms. The third-order valence-corrected chi connectivity index (χ3v) is 3.57. The normalized spacial score (nSPS) is 21.6. The smallest absolute Gasteiger partial charge is 0.243 e. The zero-order chi connectivity index (χ0) is 13.9. The molecule has 1 amide bonds. The van der Waals surface area contributed by atoms with Crippen molar-refractivity contribution in [1.29, 1.82) is 0 Å². The van der Waals surface area contributed by atoms with E-state index in [0.29, 0.717) is 17.4 Å². The number of hydrazone groups is 1. The molecule has 4 heteroatoms. The number of benzene rings is 1. The van der Waals surface area contributed by atoms with Crippen LogP contribution in [0.15, 0.2) is 58.2 Å². The second-order valence-electron chi connectivity index (χ2n) is 5.01. The van der Waals surface area contributed by atoms with Gasteiger partial charge >= 0.3 is 0 Å². The largest absolute Gasteiger partial charge is 0.463 e. The Morgan fingerprint density at radius 1 is 1.25 bits per heavy atom. The fourth-order valence-electron chi connectivity index (χ4n) is 2.31. The maximum atomic E-state index is 12.0. The van der Waals surface area contributed by atoms with Gasteiger partial charge in [-0.15, -0.1) is 0 Å². The molecule has 2 atom stereocenters. The number of nitrogens with zero attached hydrogens (tertiary/aromatic N) is 1. The zero-order valence-electron chi connectivity index (χ0n) is 11.2. The van der Waals surface area contributed by atoms with Crippen molar-refractivity contribution in [3.63, 3.8) is 0 Å². The third kappa shape index (κ3) is 2.64. The van der Waals surface area contributed by atoms with E-state index in [4.69, 9.17) is 4.42 Å². The van der Waals surface area contributed by atoms with E-state index in [-0.39, 0.29) is 11.8 Å². The van der Waals surface area contributed by atoms with E-state index in [2.05, 4.69) is 22.7 Å². The van der Waals surface area contributed by atoms with Crippen molar-refractivity contribution in [1.82, 2.24) is 5.43 Å². The summed E-state index contributed by atoms with van der Waals surface area (Å²) >= 11 is 0. The van der Waals surface area contributed by atoms with Crippen LogP contribution in [0.25, 0.3) is 0 Å². The lowest BCUT2D eigenvalue weighted by atomic mass is 10.1. The van der Waals surface area contributed by atoms with E-state index in [9.17, 15) is 4.79 Å². The van der Waals surface area contributed by atoms with Crippen molar-refractivity contribution in [2.75, 3.05) is 0 Å². The summed E-state index contributed by atoms with van der Waals surface area (Å²) in [6, 6.07) is 13.7. The first-order valence-electron chi connectivity index (χ1n) is 6.68. The van der Waals surface area contributed by atoms with E-state index >= 15 is 0 Å². The highest BCUT2D eigenvalue weighted by Crippen LogP contribution is 2.47. The average Bonchev–Trinajstić information content (AvgIpc) is 3.10. The van der Waals surface area contributed by atoms with Gasteiger partial charge in [0, 0.05) is 5.92 Å². The van der Waals surface area contributed by atoms with Crippen LogP contribution in [0.3, 0.4) is 0 Å². The molecule has 2 unspecified atom stereocenters. The van der Waals surface area contributed by atoms with Crippen molar-refractivity contribution in [2.24, 2.45) is 11.0 Å². The summed E-state index contributed by atoms with van der Waals surface area (Å²) in [6.07, 6.45) is 2.48. The van der Waals surface area contributed by atoms with Crippen molar-refractivity contribution >= 4 is 11.6 Å². The molecule has 1 heterocycles. The highest BCUT2D eigenvalue weighted by Gasteiger charge is 2.43. The Labute approximate surface area is 117 Å². The number of nitrogens with one attached hydrogen (secondary N) is 1. The number of carbonyl (C=O) groups is 1. The van der Waals surface area contributed by atoms with E-state index in [1.54, 1.807) is 19.3 Å². The zero-order valence-corrected chi connectivity index (χ0v) is 11.2. The first-order chi connectivity index (χ1) is 9.75. The molecule has 1 aromatic carbocycles. The molecule has 1 saturated carbocycles. The van der Waals surface area contributed by atoms with Crippen LogP contribution in [0.5, 0.6) is 0 Å². The lowest BCUT2D eigenvalue weighted by molar-refractivity contribution is -0.122. The van der Waals surface area contributed by atoms with Gasteiger partial charge in [-0.1, -0.05) is 30.3 Å². The van der Waals surface area contributed by atoms with Gasteiger partial charge in [-0.25, -0.2) is 5.43 Å². The minimum Gasteiger partial charge on any atom is -0.463 e. The Morgan fingerprint density at radius 2 is 2.05 bits per heavy atom. The van der Waals surface area contributed by atoms with E-state index in [0.717, 1.165) is 6.42 Å². The van der Waals surface area contributed by atoms with Crippen LogP contribution >= 0.6 is 0 Å². The molecular formula is C16H16N2O2. The van der Waals surface area contributed by atoms with Crippen LogP contribution in [-0.2, 0) is 4.79 Å². The molecule has 102 valence electrons. The SMILES string of the molecule is C/C(=N\NC(=O)C1CC1c1ccccc1)c1ccco1. The van der Waals surface area contributed by atoms with Gasteiger partial charge in [0.2, 0.25) is 5.91 Å². The van der Waals surface area contributed by atoms with Gasteiger partial charge in [0.1, 0.15) is 11.5 Å². The molecule has 20 heavy (non-hydrogen) atoms. The predicted octanol–water partition coefficient (Wildman–Crippen LogP) is 2.92. The molecule has 3 rings (SSSR count). The Hall–Kier alpha value is -2.36. The molecular weight excluding hydrogens is 252 g/mol. The molecule has 1 fully saturated rings. The number of hydrogen-bond acceptors (Lipinski definition) is 3. The van der Waals surface area contributed by atoms with Crippen LogP contribution in [0.4, 0.5) is 0 Å². The summed E-state index contributed by atoms with van der Waals surface area (Å²) in [7, 11) is 0. The first-order valence-corrected chi connectivity index (χ1v) is 6.68. The molecule has 2 aromatic rings. The summed E-state index contributed by atoms with van der Waals surface area (Å²) in [6.45, 7) is 1.81. The summed E-state index contributed by atoms with van der Waals surface area (Å²) in [5.41, 5.74) is 4.51. The summed E-state index contributed by atoms with van der Waals surface area (Å²) < 4.78 is 5.21. The molecule has 4 nitrogen and oxygen atoms in total. The fraction of sp³-hybridized carbons (Fsp3) is 0.250. The van der Waals surface area contributed by atoms with Crippen LogP contribution in [0, 0.1) is 5.92 Å². The second kappa shape index (κ2) is 5.33. The Balaban J connectivity index is 1.58. The van der Waals surface area contributed by atoms with Crippen molar-refractivity contribution < 1.29 is 9.21 Å². The molecule has 0 bridgehead atoms. The summed E-state index contributed by atoms with van der Waals surface area (Å²) in [5.74, 6) is 1.01. The van der Waals surface area contributed by atoms with Gasteiger partial charge in [0.25, 0.3) is 0 Å². The van der Waals surface area contributed by atoms with E-state index in [1.807, 2.05) is 24.3 Å². The van der Waals surface area contributed by atoms with Gasteiger partial charge in [-0.3, -0.25) is 4.79 Å². The fourth-order valence-corrected chi connectivity index (χ4v) is 2.31. The Bertz CT molecular complexity index is 617. The van der Waals surface area contributed by atoms with Gasteiger partial charge in [-0.05, 0) is 37.0 Å². The number of amides is 1. The Morgan fingerprint density at radius 3 is 2.75 bits per heavy atom.